The van der Waals surface area contributed by atoms with E-state index in [0.717, 1.165) is 0 Å². The largest absolute Gasteiger partial charge is 0.497 e. The van der Waals surface area contributed by atoms with Crippen LogP contribution in [0.4, 0.5) is 5.69 Å². The van der Waals surface area contributed by atoms with Crippen LogP contribution in [0.15, 0.2) is 76.7 Å². The second-order valence-electron chi connectivity index (χ2n) is 6.64. The fraction of sp³-hybridized carbons (Fsp3) is 0.130. The van der Waals surface area contributed by atoms with Gasteiger partial charge in [0.25, 0.3) is 15.9 Å². The van der Waals surface area contributed by atoms with Gasteiger partial charge in [0.1, 0.15) is 5.75 Å². The van der Waals surface area contributed by atoms with Crippen molar-refractivity contribution in [2.45, 2.75) is 4.90 Å². The van der Waals surface area contributed by atoms with Gasteiger partial charge < -0.3 is 14.2 Å². The summed E-state index contributed by atoms with van der Waals surface area (Å²) in [6.45, 7) is 0. The molecule has 2 N–H and O–H groups in total. The molecule has 0 saturated heterocycles. The number of nitrogens with zero attached hydrogens (tertiary/aromatic N) is 1. The maximum atomic E-state index is 12.7. The third-order valence-electron chi connectivity index (χ3n) is 4.55. The Labute approximate surface area is 192 Å². The molecule has 0 aromatic heterocycles. The molecule has 0 fully saturated rings. The number of benzene rings is 3. The Bertz CT molecular complexity index is 1260. The lowest BCUT2D eigenvalue weighted by Gasteiger charge is -2.10. The lowest BCUT2D eigenvalue weighted by Crippen LogP contribution is -2.19. The first-order chi connectivity index (χ1) is 15.9. The number of hydrogen-bond donors (Lipinski definition) is 2. The van der Waals surface area contributed by atoms with E-state index in [9.17, 15) is 13.2 Å². The fourth-order valence-electron chi connectivity index (χ4n) is 2.92. The van der Waals surface area contributed by atoms with Gasteiger partial charge in [-0.1, -0.05) is 12.1 Å². The number of ether oxygens (including phenoxy) is 3. The summed E-state index contributed by atoms with van der Waals surface area (Å²) in [4.78, 5) is 12.4. The Morgan fingerprint density at radius 3 is 2.30 bits per heavy atom. The maximum Gasteiger partial charge on any atom is 0.271 e. The third-order valence-corrected chi connectivity index (χ3v) is 5.93. The van der Waals surface area contributed by atoms with E-state index in [1.807, 2.05) is 0 Å². The molecule has 33 heavy (non-hydrogen) atoms. The van der Waals surface area contributed by atoms with Crippen LogP contribution in [0.3, 0.4) is 0 Å². The van der Waals surface area contributed by atoms with E-state index in [1.54, 1.807) is 42.5 Å². The van der Waals surface area contributed by atoms with Crippen LogP contribution in [-0.2, 0) is 10.0 Å². The molecule has 0 radical (unpaired) electrons. The average Bonchev–Trinajstić information content (AvgIpc) is 2.84. The van der Waals surface area contributed by atoms with Gasteiger partial charge in [-0.2, -0.15) is 5.10 Å². The first kappa shape index (κ1) is 23.6. The number of amides is 1. The van der Waals surface area contributed by atoms with Crippen LogP contribution in [0.25, 0.3) is 0 Å². The summed E-state index contributed by atoms with van der Waals surface area (Å²) in [5.74, 6) is 1.02. The molecule has 0 heterocycles. The molecule has 0 aliphatic rings. The van der Waals surface area contributed by atoms with E-state index in [0.29, 0.717) is 28.5 Å². The Hall–Kier alpha value is -4.05. The summed E-state index contributed by atoms with van der Waals surface area (Å²) in [5.41, 5.74) is 3.47. The van der Waals surface area contributed by atoms with Crippen LogP contribution in [0, 0.1) is 0 Å². The minimum Gasteiger partial charge on any atom is -0.497 e. The Balaban J connectivity index is 1.73. The van der Waals surface area contributed by atoms with Crippen LogP contribution < -0.4 is 24.4 Å². The zero-order valence-corrected chi connectivity index (χ0v) is 19.0. The highest BCUT2D eigenvalue weighted by molar-refractivity contribution is 7.92. The van der Waals surface area contributed by atoms with Crippen LogP contribution in [0.5, 0.6) is 17.2 Å². The van der Waals surface area contributed by atoms with Gasteiger partial charge in [-0.15, -0.1) is 0 Å². The molecule has 10 heteroatoms. The van der Waals surface area contributed by atoms with E-state index in [2.05, 4.69) is 15.2 Å². The zero-order valence-electron chi connectivity index (χ0n) is 18.2. The van der Waals surface area contributed by atoms with Crippen molar-refractivity contribution < 1.29 is 27.4 Å². The SMILES string of the molecule is COc1ccc(NS(=O)(=O)c2cccc(C(=O)N/N=C/c3cccc(OC)c3OC)c2)cc1. The Morgan fingerprint density at radius 1 is 0.909 bits per heavy atom. The number of carbonyl (C=O) groups excluding carboxylic acids is 1. The van der Waals surface area contributed by atoms with Gasteiger partial charge in [-0.05, 0) is 54.6 Å². The summed E-state index contributed by atoms with van der Waals surface area (Å²) < 4.78 is 43.5. The van der Waals surface area contributed by atoms with Crippen molar-refractivity contribution in [3.8, 4) is 17.2 Å². The Morgan fingerprint density at radius 2 is 1.64 bits per heavy atom. The van der Waals surface area contributed by atoms with E-state index < -0.39 is 15.9 Å². The van der Waals surface area contributed by atoms with Gasteiger partial charge >= 0.3 is 0 Å². The monoisotopic (exact) mass is 469 g/mol. The second-order valence-corrected chi connectivity index (χ2v) is 8.33. The molecule has 172 valence electrons. The van der Waals surface area contributed by atoms with E-state index in [4.69, 9.17) is 14.2 Å². The average molecular weight is 470 g/mol. The van der Waals surface area contributed by atoms with Gasteiger partial charge in [0, 0.05) is 16.8 Å². The summed E-state index contributed by atoms with van der Waals surface area (Å²) in [7, 11) is 0.631. The van der Waals surface area contributed by atoms with Gasteiger partial charge in [-0.3, -0.25) is 9.52 Å². The quantitative estimate of drug-likeness (QED) is 0.367. The molecule has 9 nitrogen and oxygen atoms in total. The molecule has 0 atom stereocenters. The minimum absolute atomic E-state index is 0.0654. The number of carbonyl (C=O) groups is 1. The lowest BCUT2D eigenvalue weighted by molar-refractivity contribution is 0.0955. The van der Waals surface area contributed by atoms with Gasteiger partial charge in [0.15, 0.2) is 11.5 Å². The van der Waals surface area contributed by atoms with E-state index in [-0.39, 0.29) is 10.5 Å². The number of para-hydroxylation sites is 1. The van der Waals surface area contributed by atoms with E-state index in [1.165, 1.54) is 51.8 Å². The van der Waals surface area contributed by atoms with Crippen molar-refractivity contribution in [2.75, 3.05) is 26.1 Å². The molecule has 0 spiro atoms. The number of hydrazone groups is 1. The van der Waals surface area contributed by atoms with E-state index >= 15 is 0 Å². The van der Waals surface area contributed by atoms with Gasteiger partial charge in [0.2, 0.25) is 0 Å². The number of hydrogen-bond acceptors (Lipinski definition) is 7. The molecule has 0 bridgehead atoms. The molecular weight excluding hydrogens is 446 g/mol. The number of sulfonamides is 1. The van der Waals surface area contributed by atoms with Crippen molar-refractivity contribution >= 4 is 27.8 Å². The highest BCUT2D eigenvalue weighted by Crippen LogP contribution is 2.29. The molecule has 0 unspecified atom stereocenters. The van der Waals surface area contributed by atoms with Crippen LogP contribution in [0.2, 0.25) is 0 Å². The summed E-state index contributed by atoms with van der Waals surface area (Å²) >= 11 is 0. The molecule has 3 rings (SSSR count). The molecule has 3 aromatic rings. The lowest BCUT2D eigenvalue weighted by atomic mass is 10.2. The highest BCUT2D eigenvalue weighted by Gasteiger charge is 2.17. The topological polar surface area (TPSA) is 115 Å². The van der Waals surface area contributed by atoms with Crippen molar-refractivity contribution in [1.82, 2.24) is 5.43 Å². The van der Waals surface area contributed by atoms with Crippen LogP contribution in [0.1, 0.15) is 15.9 Å². The maximum absolute atomic E-state index is 12.7. The van der Waals surface area contributed by atoms with Gasteiger partial charge in [-0.25, -0.2) is 13.8 Å². The normalized spacial score (nSPS) is 11.1. The number of nitrogens with one attached hydrogen (secondary N) is 2. The van der Waals surface area contributed by atoms with Crippen molar-refractivity contribution in [1.29, 1.82) is 0 Å². The van der Waals surface area contributed by atoms with Crippen molar-refractivity contribution in [3.63, 3.8) is 0 Å². The molecular formula is C23H23N3O6S. The van der Waals surface area contributed by atoms with Crippen LogP contribution in [-0.4, -0.2) is 41.9 Å². The fourth-order valence-corrected chi connectivity index (χ4v) is 4.02. The number of rotatable bonds is 9. The third kappa shape index (κ3) is 5.80. The number of methoxy groups -OCH3 is 3. The first-order valence-corrected chi connectivity index (χ1v) is 11.2. The van der Waals surface area contributed by atoms with Crippen LogP contribution >= 0.6 is 0 Å². The first-order valence-electron chi connectivity index (χ1n) is 9.69. The molecule has 0 aliphatic heterocycles. The summed E-state index contributed by atoms with van der Waals surface area (Å²) in [6, 6.07) is 17.3. The predicted molar refractivity (Wildman–Crippen MR) is 125 cm³/mol. The van der Waals surface area contributed by atoms with Gasteiger partial charge in [0.05, 0.1) is 32.4 Å². The predicted octanol–water partition coefficient (Wildman–Crippen LogP) is 3.28. The summed E-state index contributed by atoms with van der Waals surface area (Å²) in [6.07, 6.45) is 1.41. The molecule has 0 saturated carbocycles. The zero-order chi connectivity index (χ0) is 23.8. The second kappa shape index (κ2) is 10.5. The Kier molecular flexibility index (Phi) is 7.52. The minimum atomic E-state index is -3.91. The smallest absolute Gasteiger partial charge is 0.271 e. The standard InChI is InChI=1S/C23H23N3O6S/c1-30-19-12-10-18(11-13-19)26-33(28,29)20-8-4-6-16(14-20)23(27)25-24-15-17-7-5-9-21(31-2)22(17)32-3/h4-15,26H,1-3H3,(H,25,27)/b24-15+. The molecule has 0 aliphatic carbocycles. The van der Waals surface area contributed by atoms with Crippen molar-refractivity contribution in [2.24, 2.45) is 5.10 Å². The highest BCUT2D eigenvalue weighted by atomic mass is 32.2. The number of anilines is 1. The van der Waals surface area contributed by atoms with Crippen molar-refractivity contribution in [3.05, 3.63) is 77.9 Å². The molecule has 1 amide bonds. The molecule has 3 aromatic carbocycles. The summed E-state index contributed by atoms with van der Waals surface area (Å²) in [5, 5.41) is 3.94.